The molecule has 18 aromatic rings. The molecule has 0 fully saturated rings. The van der Waals surface area contributed by atoms with Crippen molar-refractivity contribution in [3.8, 4) is 11.1 Å². The summed E-state index contributed by atoms with van der Waals surface area (Å²) in [5.41, 5.74) is 22.9. The minimum atomic E-state index is 0.815. The maximum atomic E-state index is 7.31. The monoisotopic (exact) mass is 1260 g/mol. The van der Waals surface area contributed by atoms with Crippen LogP contribution in [-0.4, -0.2) is 0 Å². The Morgan fingerprint density at radius 1 is 0.194 bits per heavy atom. The highest BCUT2D eigenvalue weighted by atomic mass is 16.3. The van der Waals surface area contributed by atoms with E-state index in [1.165, 1.54) is 16.7 Å². The number of nitrogens with zero attached hydrogens (tertiary/aromatic N) is 4. The van der Waals surface area contributed by atoms with Crippen LogP contribution in [0.4, 0.5) is 68.2 Å². The minimum Gasteiger partial charge on any atom is -0.455 e. The van der Waals surface area contributed by atoms with Crippen molar-refractivity contribution in [1.82, 2.24) is 0 Å². The van der Waals surface area contributed by atoms with Crippen LogP contribution in [0.2, 0.25) is 0 Å². The Labute approximate surface area is 568 Å². The molecule has 466 valence electrons. The number of hydrogen-bond donors (Lipinski definition) is 0. The average molecular weight is 1260 g/mol. The molecule has 0 saturated heterocycles. The molecule has 0 radical (unpaired) electrons. The van der Waals surface area contributed by atoms with Gasteiger partial charge in [0.25, 0.3) is 0 Å². The van der Waals surface area contributed by atoms with Crippen LogP contribution in [0.5, 0.6) is 0 Å². The third-order valence-corrected chi connectivity index (χ3v) is 19.5. The van der Waals surface area contributed by atoms with E-state index < -0.39 is 0 Å². The van der Waals surface area contributed by atoms with E-state index in [1.54, 1.807) is 0 Å². The number of aryl methyl sites for hydroxylation is 4. The van der Waals surface area contributed by atoms with Crippen molar-refractivity contribution in [1.29, 1.82) is 0 Å². The SMILES string of the molecule is Cc1ccc(N(c2cccc(-c3cccc(N(c4cccc(C)c4)c4cc5oc6c7ccccc7c(N(c7ccccc7)c7cccc(C)c7)cc6c5c5ccccc45)c3)c2)c2cc3c(oc4cc(N(c5ccccc5)c5ccc(C)cc5)c5ccccc5c43)c3ccccc23)cc1. The summed E-state index contributed by atoms with van der Waals surface area (Å²) in [5, 5.41) is 13.0. The first-order valence-corrected chi connectivity index (χ1v) is 33.6. The largest absolute Gasteiger partial charge is 0.455 e. The topological polar surface area (TPSA) is 39.2 Å². The molecule has 18 rings (SSSR count). The Balaban J connectivity index is 0.797. The Hall–Kier alpha value is -12.6. The minimum absolute atomic E-state index is 0.815. The van der Waals surface area contributed by atoms with Gasteiger partial charge in [0.05, 0.1) is 22.7 Å². The summed E-state index contributed by atoms with van der Waals surface area (Å²) < 4.78 is 14.6. The van der Waals surface area contributed by atoms with Gasteiger partial charge in [-0.25, -0.2) is 0 Å². The molecule has 6 nitrogen and oxygen atoms in total. The van der Waals surface area contributed by atoms with Gasteiger partial charge in [-0.3, -0.25) is 0 Å². The first kappa shape index (κ1) is 58.0. The molecule has 0 saturated carbocycles. The molecular formula is C92H66N4O2. The van der Waals surface area contributed by atoms with Gasteiger partial charge >= 0.3 is 0 Å². The summed E-state index contributed by atoms with van der Waals surface area (Å²) in [4.78, 5) is 9.59. The molecule has 2 heterocycles. The van der Waals surface area contributed by atoms with E-state index in [0.717, 1.165) is 172 Å². The van der Waals surface area contributed by atoms with E-state index in [1.807, 2.05) is 0 Å². The van der Waals surface area contributed by atoms with Gasteiger partial charge in [0, 0.05) is 111 Å². The standard InChI is InChI=1S/C92H66N4O2/c1-59-43-47-67(48-44-59)93(65-27-7-5-8-28-65)85-57-87-89(77-39-15-11-35-73(77)85)82-56-84(76-38-14-18-42-80(76)92(82)97-87)95(68-49-45-60(2)46-50-68)71-33-21-25-63(53-71)64-26-22-34-72(54-64)96(70-32-20-24-62(4)52-70)86-58-88-90(78-40-16-12-36-74(78)86)81-55-83(75-37-13-17-41-79(75)91(81)98-88)94(66-29-9-6-10-30-66)69-31-19-23-61(3)51-69/h5-58H,1-4H3. The number of rotatable bonds is 13. The summed E-state index contributed by atoms with van der Waals surface area (Å²) >= 11 is 0. The van der Waals surface area contributed by atoms with Crippen LogP contribution < -0.4 is 19.6 Å². The fourth-order valence-electron chi connectivity index (χ4n) is 15.0. The van der Waals surface area contributed by atoms with Crippen LogP contribution in [0, 0.1) is 27.7 Å². The van der Waals surface area contributed by atoms with Crippen molar-refractivity contribution < 1.29 is 8.83 Å². The maximum Gasteiger partial charge on any atom is 0.143 e. The van der Waals surface area contributed by atoms with Crippen molar-refractivity contribution >= 4 is 155 Å². The molecular weight excluding hydrogens is 1190 g/mol. The van der Waals surface area contributed by atoms with E-state index in [2.05, 4.69) is 375 Å². The zero-order chi connectivity index (χ0) is 65.5. The molecule has 0 aliphatic rings. The fraction of sp³-hybridized carbons (Fsp3) is 0.0435. The third kappa shape index (κ3) is 9.87. The highest BCUT2D eigenvalue weighted by Gasteiger charge is 2.28. The normalized spacial score (nSPS) is 11.7. The van der Waals surface area contributed by atoms with Crippen molar-refractivity contribution in [2.45, 2.75) is 27.7 Å². The molecule has 98 heavy (non-hydrogen) atoms. The lowest BCUT2D eigenvalue weighted by atomic mass is 9.97. The molecule has 0 spiro atoms. The molecule has 0 aliphatic heterocycles. The van der Waals surface area contributed by atoms with Gasteiger partial charge in [-0.15, -0.1) is 0 Å². The molecule has 2 aromatic heterocycles. The summed E-state index contributed by atoms with van der Waals surface area (Å²) in [6.07, 6.45) is 0. The molecule has 0 bridgehead atoms. The molecule has 6 heteroatoms. The lowest BCUT2D eigenvalue weighted by Gasteiger charge is -2.28. The number of anilines is 12. The molecule has 0 atom stereocenters. The highest BCUT2D eigenvalue weighted by Crippen LogP contribution is 2.52. The number of para-hydroxylation sites is 2. The fourth-order valence-corrected chi connectivity index (χ4v) is 15.0. The average Bonchev–Trinajstić information content (AvgIpc) is 1.50. The third-order valence-electron chi connectivity index (χ3n) is 19.5. The Morgan fingerprint density at radius 3 is 0.867 bits per heavy atom. The predicted molar refractivity (Wildman–Crippen MR) is 414 cm³/mol. The van der Waals surface area contributed by atoms with Crippen molar-refractivity contribution in [2.75, 3.05) is 19.6 Å². The molecule has 0 amide bonds. The van der Waals surface area contributed by atoms with Crippen LogP contribution >= 0.6 is 0 Å². The van der Waals surface area contributed by atoms with Crippen molar-refractivity contribution in [3.05, 3.63) is 350 Å². The molecule has 0 unspecified atom stereocenters. The van der Waals surface area contributed by atoms with Crippen LogP contribution in [0.15, 0.2) is 336 Å². The number of hydrogen-bond acceptors (Lipinski definition) is 6. The van der Waals surface area contributed by atoms with Crippen LogP contribution in [0.1, 0.15) is 22.3 Å². The second kappa shape index (κ2) is 23.7. The lowest BCUT2D eigenvalue weighted by Crippen LogP contribution is -2.11. The van der Waals surface area contributed by atoms with Crippen LogP contribution in [-0.2, 0) is 0 Å². The van der Waals surface area contributed by atoms with E-state index in [0.29, 0.717) is 0 Å². The number of furan rings is 2. The maximum absolute atomic E-state index is 7.31. The summed E-state index contributed by atoms with van der Waals surface area (Å²) in [7, 11) is 0. The van der Waals surface area contributed by atoms with Gasteiger partial charge < -0.3 is 28.4 Å². The first-order chi connectivity index (χ1) is 48.2. The Bertz CT molecular complexity index is 6130. The van der Waals surface area contributed by atoms with Gasteiger partial charge in [0.1, 0.15) is 22.3 Å². The zero-order valence-corrected chi connectivity index (χ0v) is 54.8. The number of fused-ring (bicyclic) bond motifs is 14. The summed E-state index contributed by atoms with van der Waals surface area (Å²) in [6.45, 7) is 8.62. The quantitative estimate of drug-likeness (QED) is 0.115. The second-order valence-corrected chi connectivity index (χ2v) is 25.9. The highest BCUT2D eigenvalue weighted by molar-refractivity contribution is 6.29. The smallest absolute Gasteiger partial charge is 0.143 e. The molecule has 16 aromatic carbocycles. The van der Waals surface area contributed by atoms with E-state index in [9.17, 15) is 0 Å². The first-order valence-electron chi connectivity index (χ1n) is 33.6. The van der Waals surface area contributed by atoms with Crippen LogP contribution in [0.3, 0.4) is 0 Å². The molecule has 0 N–H and O–H groups in total. The van der Waals surface area contributed by atoms with Crippen LogP contribution in [0.25, 0.3) is 98.1 Å². The van der Waals surface area contributed by atoms with Gasteiger partial charge in [0.15, 0.2) is 0 Å². The lowest BCUT2D eigenvalue weighted by molar-refractivity contribution is 0.672. The van der Waals surface area contributed by atoms with Gasteiger partial charge in [0.2, 0.25) is 0 Å². The Morgan fingerprint density at radius 2 is 0.480 bits per heavy atom. The van der Waals surface area contributed by atoms with E-state index in [4.69, 9.17) is 8.83 Å². The van der Waals surface area contributed by atoms with Crippen molar-refractivity contribution in [2.24, 2.45) is 0 Å². The van der Waals surface area contributed by atoms with E-state index >= 15 is 0 Å². The van der Waals surface area contributed by atoms with Gasteiger partial charge in [-0.2, -0.15) is 0 Å². The zero-order valence-electron chi connectivity index (χ0n) is 54.8. The predicted octanol–water partition coefficient (Wildman–Crippen LogP) is 26.9. The van der Waals surface area contributed by atoms with Gasteiger partial charge in [-0.1, -0.05) is 217 Å². The van der Waals surface area contributed by atoms with Crippen molar-refractivity contribution in [3.63, 3.8) is 0 Å². The Kier molecular flexibility index (Phi) is 14.0. The molecule has 0 aliphatic carbocycles. The number of benzene rings is 16. The van der Waals surface area contributed by atoms with Gasteiger partial charge in [-0.05, 0) is 170 Å². The summed E-state index contributed by atoms with van der Waals surface area (Å²) in [5.74, 6) is 0. The van der Waals surface area contributed by atoms with E-state index in [-0.39, 0.29) is 0 Å². The summed E-state index contributed by atoms with van der Waals surface area (Å²) in [6, 6.07) is 119. The second-order valence-electron chi connectivity index (χ2n) is 25.9.